The van der Waals surface area contributed by atoms with Gasteiger partial charge in [-0.1, -0.05) is 25.1 Å². The van der Waals surface area contributed by atoms with E-state index in [0.717, 1.165) is 51.0 Å². The Morgan fingerprint density at radius 3 is 2.77 bits per heavy atom. The van der Waals surface area contributed by atoms with Gasteiger partial charge in [0, 0.05) is 17.1 Å². The molecule has 3 heteroatoms. The van der Waals surface area contributed by atoms with Gasteiger partial charge in [-0.2, -0.15) is 0 Å². The molecular formula is C19H16N2O. The van der Waals surface area contributed by atoms with Gasteiger partial charge in [0.25, 0.3) is 0 Å². The van der Waals surface area contributed by atoms with Gasteiger partial charge >= 0.3 is 0 Å². The molecule has 108 valence electrons. The lowest BCUT2D eigenvalue weighted by atomic mass is 10.1. The third-order valence-corrected chi connectivity index (χ3v) is 3.89. The summed E-state index contributed by atoms with van der Waals surface area (Å²) >= 11 is 0. The van der Waals surface area contributed by atoms with Crippen molar-refractivity contribution in [2.75, 3.05) is 0 Å². The highest BCUT2D eigenvalue weighted by Gasteiger charge is 2.12. The SMILES string of the molecule is CCc1cnc2c(-c3cc4ccccc4o3)cc(C)cc2n1. The molecular weight excluding hydrogens is 272 g/mol. The van der Waals surface area contributed by atoms with Crippen LogP contribution in [0.25, 0.3) is 33.3 Å². The van der Waals surface area contributed by atoms with Crippen LogP contribution in [0.2, 0.25) is 0 Å². The number of hydrogen-bond donors (Lipinski definition) is 0. The molecule has 0 radical (unpaired) electrons. The Kier molecular flexibility index (Phi) is 2.93. The second-order valence-electron chi connectivity index (χ2n) is 5.54. The average Bonchev–Trinajstić information content (AvgIpc) is 2.97. The summed E-state index contributed by atoms with van der Waals surface area (Å²) in [5.74, 6) is 0.841. The molecule has 0 aliphatic carbocycles. The maximum Gasteiger partial charge on any atom is 0.137 e. The molecule has 0 N–H and O–H groups in total. The van der Waals surface area contributed by atoms with E-state index in [1.54, 1.807) is 0 Å². The Morgan fingerprint density at radius 2 is 1.95 bits per heavy atom. The van der Waals surface area contributed by atoms with Gasteiger partial charge in [-0.15, -0.1) is 0 Å². The lowest BCUT2D eigenvalue weighted by Crippen LogP contribution is -1.93. The van der Waals surface area contributed by atoms with Crippen LogP contribution in [0.4, 0.5) is 0 Å². The highest BCUT2D eigenvalue weighted by Crippen LogP contribution is 2.32. The zero-order valence-corrected chi connectivity index (χ0v) is 12.6. The first-order valence-electron chi connectivity index (χ1n) is 7.50. The van der Waals surface area contributed by atoms with Crippen molar-refractivity contribution in [2.24, 2.45) is 0 Å². The molecule has 2 aromatic carbocycles. The van der Waals surface area contributed by atoms with Crippen LogP contribution < -0.4 is 0 Å². The van der Waals surface area contributed by atoms with Crippen molar-refractivity contribution in [1.82, 2.24) is 9.97 Å². The highest BCUT2D eigenvalue weighted by molar-refractivity contribution is 5.93. The first-order chi connectivity index (χ1) is 10.7. The van der Waals surface area contributed by atoms with Crippen molar-refractivity contribution in [3.05, 3.63) is 59.9 Å². The number of furan rings is 1. The van der Waals surface area contributed by atoms with Gasteiger partial charge in [0.15, 0.2) is 0 Å². The number of benzene rings is 2. The molecule has 0 saturated heterocycles. The minimum atomic E-state index is 0.841. The van der Waals surface area contributed by atoms with Gasteiger partial charge in [0.1, 0.15) is 11.3 Å². The second kappa shape index (κ2) is 4.95. The van der Waals surface area contributed by atoms with E-state index < -0.39 is 0 Å². The van der Waals surface area contributed by atoms with E-state index in [1.165, 1.54) is 0 Å². The largest absolute Gasteiger partial charge is 0.456 e. The fourth-order valence-corrected chi connectivity index (χ4v) is 2.78. The maximum absolute atomic E-state index is 6.01. The molecule has 3 nitrogen and oxygen atoms in total. The van der Waals surface area contributed by atoms with Gasteiger partial charge < -0.3 is 4.42 Å². The molecule has 0 unspecified atom stereocenters. The standard InChI is InChI=1S/C19H16N2O/c1-3-14-11-20-19-15(8-12(2)9-16(19)21-14)18-10-13-6-4-5-7-17(13)22-18/h4-11H,3H2,1-2H3. The first kappa shape index (κ1) is 13.0. The predicted molar refractivity (Wildman–Crippen MR) is 88.9 cm³/mol. The van der Waals surface area contributed by atoms with E-state index in [-0.39, 0.29) is 0 Å². The van der Waals surface area contributed by atoms with Gasteiger partial charge in [0.05, 0.1) is 16.7 Å². The smallest absolute Gasteiger partial charge is 0.137 e. The number of hydrogen-bond acceptors (Lipinski definition) is 3. The van der Waals surface area contributed by atoms with E-state index >= 15 is 0 Å². The first-order valence-corrected chi connectivity index (χ1v) is 7.50. The van der Waals surface area contributed by atoms with Crippen LogP contribution in [0, 0.1) is 6.92 Å². The van der Waals surface area contributed by atoms with Gasteiger partial charge in [-0.3, -0.25) is 4.98 Å². The number of rotatable bonds is 2. The third kappa shape index (κ3) is 2.06. The average molecular weight is 288 g/mol. The second-order valence-corrected chi connectivity index (χ2v) is 5.54. The quantitative estimate of drug-likeness (QED) is 0.526. The van der Waals surface area contributed by atoms with Crippen molar-refractivity contribution in [2.45, 2.75) is 20.3 Å². The van der Waals surface area contributed by atoms with Crippen LogP contribution in [0.5, 0.6) is 0 Å². The Bertz CT molecular complexity index is 952. The molecule has 0 spiro atoms. The molecule has 4 rings (SSSR count). The Hall–Kier alpha value is -2.68. The van der Waals surface area contributed by atoms with E-state index in [4.69, 9.17) is 9.40 Å². The van der Waals surface area contributed by atoms with Crippen molar-refractivity contribution in [3.63, 3.8) is 0 Å². The Balaban J connectivity index is 2.00. The highest BCUT2D eigenvalue weighted by atomic mass is 16.3. The summed E-state index contributed by atoms with van der Waals surface area (Å²) in [4.78, 5) is 9.31. The number of nitrogens with zero attached hydrogens (tertiary/aromatic N) is 2. The molecule has 0 bridgehead atoms. The summed E-state index contributed by atoms with van der Waals surface area (Å²) in [7, 11) is 0. The number of aryl methyl sites for hydroxylation is 2. The summed E-state index contributed by atoms with van der Waals surface area (Å²) in [6.45, 7) is 4.16. The lowest BCUT2D eigenvalue weighted by Gasteiger charge is -2.06. The van der Waals surface area contributed by atoms with E-state index in [0.29, 0.717) is 0 Å². The summed E-state index contributed by atoms with van der Waals surface area (Å²) in [6, 6.07) is 14.3. The van der Waals surface area contributed by atoms with E-state index in [1.807, 2.05) is 24.4 Å². The van der Waals surface area contributed by atoms with Gasteiger partial charge in [-0.25, -0.2) is 4.98 Å². The fourth-order valence-electron chi connectivity index (χ4n) is 2.78. The minimum Gasteiger partial charge on any atom is -0.456 e. The van der Waals surface area contributed by atoms with Crippen molar-refractivity contribution in [1.29, 1.82) is 0 Å². The van der Waals surface area contributed by atoms with Crippen LogP contribution in [-0.2, 0) is 6.42 Å². The summed E-state index contributed by atoms with van der Waals surface area (Å²) < 4.78 is 6.01. The molecule has 22 heavy (non-hydrogen) atoms. The molecule has 2 aromatic heterocycles. The summed E-state index contributed by atoms with van der Waals surface area (Å²) in [5.41, 5.74) is 5.88. The van der Waals surface area contributed by atoms with E-state index in [2.05, 4.69) is 43.1 Å². The molecule has 0 atom stereocenters. The molecule has 2 heterocycles. The zero-order chi connectivity index (χ0) is 15.1. The maximum atomic E-state index is 6.01. The molecule has 0 aliphatic heterocycles. The molecule has 0 saturated carbocycles. The zero-order valence-electron chi connectivity index (χ0n) is 12.6. The number of aromatic nitrogens is 2. The van der Waals surface area contributed by atoms with Crippen LogP contribution in [-0.4, -0.2) is 9.97 Å². The fraction of sp³-hybridized carbons (Fsp3) is 0.158. The number of para-hydroxylation sites is 1. The summed E-state index contributed by atoms with van der Waals surface area (Å²) in [6.07, 6.45) is 2.74. The predicted octanol–water partition coefficient (Wildman–Crippen LogP) is 4.91. The Labute approximate surface area is 128 Å². The normalized spacial score (nSPS) is 11.4. The molecule has 0 aliphatic rings. The van der Waals surface area contributed by atoms with Crippen molar-refractivity contribution < 1.29 is 4.42 Å². The van der Waals surface area contributed by atoms with Crippen LogP contribution in [0.3, 0.4) is 0 Å². The van der Waals surface area contributed by atoms with Crippen LogP contribution in [0.1, 0.15) is 18.2 Å². The lowest BCUT2D eigenvalue weighted by molar-refractivity contribution is 0.632. The monoisotopic (exact) mass is 288 g/mol. The van der Waals surface area contributed by atoms with Crippen molar-refractivity contribution >= 4 is 22.0 Å². The summed E-state index contributed by atoms with van der Waals surface area (Å²) in [5, 5.41) is 1.10. The topological polar surface area (TPSA) is 38.9 Å². The third-order valence-electron chi connectivity index (χ3n) is 3.89. The number of fused-ring (bicyclic) bond motifs is 2. The molecule has 0 fully saturated rings. The van der Waals surface area contributed by atoms with Crippen LogP contribution >= 0.6 is 0 Å². The van der Waals surface area contributed by atoms with Crippen LogP contribution in [0.15, 0.2) is 53.1 Å². The molecule has 0 amide bonds. The van der Waals surface area contributed by atoms with Gasteiger partial charge in [0.2, 0.25) is 0 Å². The molecule has 4 aromatic rings. The Morgan fingerprint density at radius 1 is 1.09 bits per heavy atom. The van der Waals surface area contributed by atoms with Crippen molar-refractivity contribution in [3.8, 4) is 11.3 Å². The van der Waals surface area contributed by atoms with E-state index in [9.17, 15) is 0 Å². The minimum absolute atomic E-state index is 0.841. The van der Waals surface area contributed by atoms with Gasteiger partial charge in [-0.05, 0) is 43.2 Å².